The number of nitrogen functional groups attached to an aromatic ring is 1. The van der Waals surface area contributed by atoms with Crippen LogP contribution in [0.5, 0.6) is 5.75 Å². The molecule has 218 valence electrons. The Morgan fingerprint density at radius 3 is 2.67 bits per heavy atom. The van der Waals surface area contributed by atoms with Crippen LogP contribution in [-0.4, -0.2) is 68.2 Å². The summed E-state index contributed by atoms with van der Waals surface area (Å²) in [6.07, 6.45) is -3.58. The van der Waals surface area contributed by atoms with Crippen LogP contribution < -0.4 is 15.8 Å². The molecule has 6 atom stereocenters. The summed E-state index contributed by atoms with van der Waals surface area (Å²) in [4.78, 5) is 29.1. The van der Waals surface area contributed by atoms with E-state index in [1.165, 1.54) is 23.8 Å². The second kappa shape index (κ2) is 11.9. The van der Waals surface area contributed by atoms with Crippen LogP contribution in [0.25, 0.3) is 11.0 Å². The Kier molecular flexibility index (Phi) is 8.91. The first-order valence-electron chi connectivity index (χ1n) is 12.5. The maximum absolute atomic E-state index is 14.4. The predicted molar refractivity (Wildman–Crippen MR) is 145 cm³/mol. The van der Waals surface area contributed by atoms with Gasteiger partial charge in [-0.3, -0.25) is 19.1 Å². The molecule has 0 radical (unpaired) electrons. The zero-order valence-corrected chi connectivity index (χ0v) is 23.7. The number of nitrogens with zero attached hydrogens (tertiary/aromatic N) is 2. The highest BCUT2D eigenvalue weighted by Crippen LogP contribution is 2.52. The maximum atomic E-state index is 14.4. The Morgan fingerprint density at radius 2 is 2.02 bits per heavy atom. The van der Waals surface area contributed by atoms with Gasteiger partial charge in [-0.05, 0) is 32.0 Å². The summed E-state index contributed by atoms with van der Waals surface area (Å²) < 4.78 is 52.1. The molecule has 2 unspecified atom stereocenters. The van der Waals surface area contributed by atoms with Crippen LogP contribution in [0.1, 0.15) is 27.0 Å². The lowest BCUT2D eigenvalue weighted by Crippen LogP contribution is -2.44. The van der Waals surface area contributed by atoms with Crippen molar-refractivity contribution in [3.63, 3.8) is 0 Å². The number of carbonyl (C=O) groups is 1. The molecule has 0 aliphatic carbocycles. The molecule has 12 nitrogen and oxygen atoms in total. The average Bonchev–Trinajstić information content (AvgIpc) is 3.42. The predicted octanol–water partition coefficient (Wildman–Crippen LogP) is 3.39. The van der Waals surface area contributed by atoms with E-state index in [9.17, 15) is 23.7 Å². The number of fused-ring (bicyclic) bond motifs is 1. The van der Waals surface area contributed by atoms with Gasteiger partial charge < -0.3 is 29.4 Å². The fraction of sp³-hybridized carbons (Fsp3) is 0.480. The number of aromatic nitrogens is 3. The summed E-state index contributed by atoms with van der Waals surface area (Å²) >= 11 is 6.56. The summed E-state index contributed by atoms with van der Waals surface area (Å²) in [5, 5.41) is 11.2. The lowest BCUT2D eigenvalue weighted by molar-refractivity contribution is -0.151. The summed E-state index contributed by atoms with van der Waals surface area (Å²) in [7, 11) is -4.07. The molecule has 2 aromatic heterocycles. The number of carbonyl (C=O) groups excluding carboxylic acids is 1. The summed E-state index contributed by atoms with van der Waals surface area (Å²) in [5.74, 6) is -1.41. The first kappa shape index (κ1) is 30.0. The quantitative estimate of drug-likeness (QED) is 0.168. The van der Waals surface area contributed by atoms with E-state index in [-0.39, 0.29) is 35.0 Å². The smallest absolute Gasteiger partial charge is 0.380 e. The van der Waals surface area contributed by atoms with Gasteiger partial charge in [0.25, 0.3) is 5.56 Å². The number of ether oxygens (including phenoxy) is 2. The Balaban J connectivity index is 1.58. The minimum absolute atomic E-state index is 0.0639. The third kappa shape index (κ3) is 6.18. The van der Waals surface area contributed by atoms with Crippen LogP contribution in [0.4, 0.5) is 10.3 Å². The summed E-state index contributed by atoms with van der Waals surface area (Å²) in [6, 6.07) is 9.63. The number of nitrogens with two attached hydrogens (primary N) is 1. The van der Waals surface area contributed by atoms with E-state index in [0.29, 0.717) is 0 Å². The van der Waals surface area contributed by atoms with Crippen molar-refractivity contribution in [1.29, 1.82) is 0 Å². The Labute approximate surface area is 234 Å². The molecule has 40 heavy (non-hydrogen) atoms. The first-order chi connectivity index (χ1) is 18.9. The van der Waals surface area contributed by atoms with E-state index in [1.54, 1.807) is 44.2 Å². The highest BCUT2D eigenvalue weighted by Gasteiger charge is 2.57. The highest BCUT2D eigenvalue weighted by molar-refractivity contribution is 7.54. The highest BCUT2D eigenvalue weighted by atomic mass is 35.5. The van der Waals surface area contributed by atoms with Gasteiger partial charge in [0, 0.05) is 6.20 Å². The molecule has 0 bridgehead atoms. The second-order valence-electron chi connectivity index (χ2n) is 9.82. The number of hydrogen-bond donors (Lipinski definition) is 3. The van der Waals surface area contributed by atoms with Crippen molar-refractivity contribution in [1.82, 2.24) is 14.5 Å². The number of halogens is 2. The van der Waals surface area contributed by atoms with Crippen LogP contribution in [0.3, 0.4) is 0 Å². The second-order valence-corrected chi connectivity index (χ2v) is 12.6. The van der Waals surface area contributed by atoms with Crippen molar-refractivity contribution in [2.24, 2.45) is 5.92 Å². The number of alkyl halides is 2. The summed E-state index contributed by atoms with van der Waals surface area (Å²) in [6.45, 7) is 3.14. The third-order valence-electron chi connectivity index (χ3n) is 6.29. The molecule has 1 fully saturated rings. The number of aromatic amines is 1. The fourth-order valence-corrected chi connectivity index (χ4v) is 6.50. The van der Waals surface area contributed by atoms with Gasteiger partial charge in [0.2, 0.25) is 5.95 Å². The van der Waals surface area contributed by atoms with E-state index < -0.39 is 61.6 Å². The average molecular weight is 601 g/mol. The normalized spacial score (nSPS) is 25.1. The molecule has 4 N–H and O–H groups in total. The fourth-order valence-electron chi connectivity index (χ4n) is 4.33. The zero-order chi connectivity index (χ0) is 29.2. The third-order valence-corrected chi connectivity index (χ3v) is 8.83. The number of benzene rings is 1. The molecule has 15 heteroatoms. The minimum Gasteiger partial charge on any atom is -0.463 e. The van der Waals surface area contributed by atoms with Gasteiger partial charge in [-0.15, -0.1) is 11.6 Å². The van der Waals surface area contributed by atoms with Crippen LogP contribution in [-0.2, 0) is 23.4 Å². The minimum atomic E-state index is -4.07. The lowest BCUT2D eigenvalue weighted by Gasteiger charge is -2.28. The Morgan fingerprint density at radius 1 is 1.32 bits per heavy atom. The van der Waals surface area contributed by atoms with Gasteiger partial charge in [-0.25, -0.2) is 8.96 Å². The van der Waals surface area contributed by atoms with Crippen LogP contribution >= 0.6 is 19.2 Å². The van der Waals surface area contributed by atoms with Crippen LogP contribution in [0, 0.1) is 5.92 Å². The van der Waals surface area contributed by atoms with E-state index in [1.807, 2.05) is 0 Å². The molecule has 0 saturated carbocycles. The lowest BCUT2D eigenvalue weighted by atomic mass is 10.0. The molecule has 3 aromatic rings. The maximum Gasteiger partial charge on any atom is 0.380 e. The molecule has 1 aromatic carbocycles. The van der Waals surface area contributed by atoms with Crippen LogP contribution in [0.15, 0.2) is 47.4 Å². The number of aliphatic hydroxyl groups excluding tert-OH is 1. The van der Waals surface area contributed by atoms with Crippen molar-refractivity contribution in [3.8, 4) is 5.75 Å². The zero-order valence-electron chi connectivity index (χ0n) is 22.0. The van der Waals surface area contributed by atoms with Gasteiger partial charge in [-0.2, -0.15) is 4.98 Å². The van der Waals surface area contributed by atoms with E-state index in [0.717, 1.165) is 0 Å². The standard InChI is InChI=1S/C25H31ClFN4O8P/c1-14(2)37-22(34)15(3)12-40(35,39-16-7-5-4-6-8-16)36-11-18-19(32)25(26,13-27)23(38-18)31-10-9-17-20(31)29-24(28)30-21(17)33/h4-10,14-15,18-19,23,32H,11-13H2,1-3H3,(H3,28,29,30,33)/t15-,18-,19+,23-,25?,40?/m1/s1. The van der Waals surface area contributed by atoms with Crippen molar-refractivity contribution >= 4 is 42.1 Å². The Bertz CT molecular complexity index is 1450. The molecule has 0 amide bonds. The van der Waals surface area contributed by atoms with Gasteiger partial charge in [0.05, 0.1) is 30.2 Å². The molecule has 3 heterocycles. The van der Waals surface area contributed by atoms with Gasteiger partial charge >= 0.3 is 13.6 Å². The SMILES string of the molecule is CC(C)OC(=O)[C@H](C)CP(=O)(OC[C@H]1O[C@@H](n2ccc3c(=O)[nH]c(N)nc32)C(Cl)(CF)[C@H]1O)Oc1ccccc1. The molecule has 1 saturated heterocycles. The monoisotopic (exact) mass is 600 g/mol. The van der Waals surface area contributed by atoms with Gasteiger partial charge in [0.15, 0.2) is 11.9 Å². The van der Waals surface area contributed by atoms with Gasteiger partial charge in [-0.1, -0.05) is 25.1 Å². The van der Waals surface area contributed by atoms with E-state index in [4.69, 9.17) is 35.9 Å². The van der Waals surface area contributed by atoms with Crippen molar-refractivity contribution < 1.29 is 37.4 Å². The molecule has 1 aliphatic rings. The van der Waals surface area contributed by atoms with Gasteiger partial charge in [0.1, 0.15) is 29.5 Å². The number of hydrogen-bond acceptors (Lipinski definition) is 10. The number of nitrogens with one attached hydrogen (secondary N) is 1. The summed E-state index contributed by atoms with van der Waals surface area (Å²) in [5.41, 5.74) is 5.22. The number of esters is 1. The molecule has 1 aliphatic heterocycles. The van der Waals surface area contributed by atoms with E-state index in [2.05, 4.69) is 9.97 Å². The molecular formula is C25H31ClFN4O8P. The Hall–Kier alpha value is -2.96. The number of anilines is 1. The van der Waals surface area contributed by atoms with Crippen molar-refractivity contribution in [2.75, 3.05) is 25.2 Å². The molecule has 0 spiro atoms. The molecular weight excluding hydrogens is 570 g/mol. The van der Waals surface area contributed by atoms with E-state index >= 15 is 0 Å². The van der Waals surface area contributed by atoms with Crippen molar-refractivity contribution in [3.05, 3.63) is 52.9 Å². The number of rotatable bonds is 11. The topological polar surface area (TPSA) is 168 Å². The number of aliphatic hydroxyl groups is 1. The van der Waals surface area contributed by atoms with Crippen LogP contribution in [0.2, 0.25) is 0 Å². The first-order valence-corrected chi connectivity index (χ1v) is 14.6. The number of para-hydroxylation sites is 1. The van der Waals surface area contributed by atoms with Crippen molar-refractivity contribution in [2.45, 2.75) is 50.2 Å². The molecule has 4 rings (SSSR count). The number of H-pyrrole nitrogens is 1. The largest absolute Gasteiger partial charge is 0.463 e.